The number of carbonyl (C=O) groups is 2. The third-order valence-electron chi connectivity index (χ3n) is 7.52. The summed E-state index contributed by atoms with van der Waals surface area (Å²) in [6.07, 6.45) is 4.21. The van der Waals surface area contributed by atoms with Gasteiger partial charge in [0.05, 0.1) is 12.8 Å². The van der Waals surface area contributed by atoms with E-state index in [4.69, 9.17) is 4.42 Å². The molecule has 0 atom stereocenters. The minimum Gasteiger partial charge on any atom is -0.465 e. The number of amides is 1. The van der Waals surface area contributed by atoms with Crippen LogP contribution in [0.25, 0.3) is 5.57 Å². The monoisotopic (exact) mass is 434 g/mol. The molecule has 0 N–H and O–H groups in total. The molecule has 2 aliphatic rings. The van der Waals surface area contributed by atoms with Crippen molar-refractivity contribution in [1.82, 2.24) is 4.90 Å². The summed E-state index contributed by atoms with van der Waals surface area (Å²) in [5.74, 6) is 1.25. The van der Waals surface area contributed by atoms with Crippen molar-refractivity contribution < 1.29 is 14.0 Å². The maximum absolute atomic E-state index is 13.1. The van der Waals surface area contributed by atoms with Gasteiger partial charge in [0.1, 0.15) is 5.76 Å². The van der Waals surface area contributed by atoms with Crippen molar-refractivity contribution in [3.05, 3.63) is 59.6 Å². The molecule has 0 saturated carbocycles. The van der Waals surface area contributed by atoms with Crippen LogP contribution in [0.3, 0.4) is 0 Å². The number of hydrogen-bond donors (Lipinski definition) is 0. The van der Waals surface area contributed by atoms with E-state index in [9.17, 15) is 9.59 Å². The molecule has 0 bridgehead atoms. The molecule has 0 aliphatic carbocycles. The molecule has 0 unspecified atom stereocenters. The van der Waals surface area contributed by atoms with Crippen LogP contribution in [0.2, 0.25) is 0 Å². The van der Waals surface area contributed by atoms with Crippen LogP contribution < -0.4 is 4.90 Å². The average Bonchev–Trinajstić information content (AvgIpc) is 3.35. The van der Waals surface area contributed by atoms with E-state index >= 15 is 0 Å². The average molecular weight is 435 g/mol. The highest BCUT2D eigenvalue weighted by Crippen LogP contribution is 2.41. The summed E-state index contributed by atoms with van der Waals surface area (Å²) in [5, 5.41) is 0. The zero-order valence-corrected chi connectivity index (χ0v) is 20.1. The number of furan rings is 1. The Morgan fingerprint density at radius 1 is 1.06 bits per heavy atom. The summed E-state index contributed by atoms with van der Waals surface area (Å²) in [7, 11) is 2.18. The normalized spacial score (nSPS) is 21.4. The Kier molecular flexibility index (Phi) is 5.66. The van der Waals surface area contributed by atoms with Crippen LogP contribution >= 0.6 is 0 Å². The fraction of sp³-hybridized carbons (Fsp3) is 0.481. The number of likely N-dealkylation sites (tertiary alicyclic amines) is 1. The van der Waals surface area contributed by atoms with Crippen molar-refractivity contribution in [2.24, 2.45) is 5.92 Å². The zero-order valence-electron chi connectivity index (χ0n) is 20.1. The van der Waals surface area contributed by atoms with Gasteiger partial charge in [-0.1, -0.05) is 0 Å². The highest BCUT2D eigenvalue weighted by molar-refractivity contribution is 6.15. The molecule has 3 heterocycles. The molecule has 32 heavy (non-hydrogen) atoms. The van der Waals surface area contributed by atoms with Gasteiger partial charge in [0.25, 0.3) is 5.91 Å². The van der Waals surface area contributed by atoms with Crippen LogP contribution in [0.4, 0.5) is 5.69 Å². The Hall–Kier alpha value is -2.66. The third kappa shape index (κ3) is 4.06. The quantitative estimate of drug-likeness (QED) is 0.577. The minimum atomic E-state index is -0.0220. The first-order valence-corrected chi connectivity index (χ1v) is 11.4. The second-order valence-corrected chi connectivity index (χ2v) is 10.6. The van der Waals surface area contributed by atoms with E-state index in [1.807, 2.05) is 43.3 Å². The van der Waals surface area contributed by atoms with Crippen LogP contribution in [0.1, 0.15) is 70.0 Å². The number of piperidine rings is 1. The molecule has 1 aromatic heterocycles. The van der Waals surface area contributed by atoms with Crippen LogP contribution in [0.15, 0.2) is 52.7 Å². The molecule has 2 aromatic rings. The Bertz CT molecular complexity index is 1030. The van der Waals surface area contributed by atoms with Crippen molar-refractivity contribution in [2.45, 2.75) is 65.0 Å². The minimum absolute atomic E-state index is 0.0220. The fourth-order valence-corrected chi connectivity index (χ4v) is 5.53. The summed E-state index contributed by atoms with van der Waals surface area (Å²) in [6.45, 7) is 11.4. The standard InChI is InChI=1S/C27H34N2O3/c1-18-22(24-8-7-13-32-24)17-29(25(18)31)21-11-9-20(10-12-21)23(30)14-19-15-26(2,3)28(6)27(4,5)16-19/h7-13,19H,14-17H2,1-6H3. The van der Waals surface area contributed by atoms with Crippen LogP contribution in [0, 0.1) is 5.92 Å². The molecule has 1 aromatic carbocycles. The van der Waals surface area contributed by atoms with E-state index in [0.717, 1.165) is 29.9 Å². The molecule has 5 heteroatoms. The van der Waals surface area contributed by atoms with Gasteiger partial charge in [-0.25, -0.2) is 0 Å². The number of benzene rings is 1. The fourth-order valence-electron chi connectivity index (χ4n) is 5.53. The van der Waals surface area contributed by atoms with Gasteiger partial charge in [-0.2, -0.15) is 0 Å². The maximum atomic E-state index is 13.1. The second kappa shape index (κ2) is 8.04. The highest BCUT2D eigenvalue weighted by Gasteiger charge is 2.43. The van der Waals surface area contributed by atoms with E-state index < -0.39 is 0 Å². The van der Waals surface area contributed by atoms with Crippen molar-refractivity contribution in [3.63, 3.8) is 0 Å². The number of anilines is 1. The maximum Gasteiger partial charge on any atom is 0.254 e. The van der Waals surface area contributed by atoms with Crippen molar-refractivity contribution in [3.8, 4) is 0 Å². The molecule has 0 spiro atoms. The van der Waals surface area contributed by atoms with E-state index in [2.05, 4.69) is 39.6 Å². The lowest BCUT2D eigenvalue weighted by Crippen LogP contribution is -2.58. The summed E-state index contributed by atoms with van der Waals surface area (Å²) in [4.78, 5) is 30.0. The van der Waals surface area contributed by atoms with Crippen LogP contribution in [0.5, 0.6) is 0 Å². The molecular weight excluding hydrogens is 400 g/mol. The first-order chi connectivity index (χ1) is 15.0. The SMILES string of the molecule is CC1=C(c2ccco2)CN(c2ccc(C(=O)CC3CC(C)(C)N(C)C(C)(C)C3)cc2)C1=O. The van der Waals surface area contributed by atoms with E-state index in [0.29, 0.717) is 30.0 Å². The number of ketones is 1. The van der Waals surface area contributed by atoms with Crippen molar-refractivity contribution in [1.29, 1.82) is 0 Å². The molecule has 170 valence electrons. The zero-order chi connectivity index (χ0) is 23.3. The van der Waals surface area contributed by atoms with E-state index in [1.165, 1.54) is 0 Å². The summed E-state index contributed by atoms with van der Waals surface area (Å²) >= 11 is 0. The molecule has 5 nitrogen and oxygen atoms in total. The smallest absolute Gasteiger partial charge is 0.254 e. The molecule has 2 aliphatic heterocycles. The summed E-state index contributed by atoms with van der Waals surface area (Å²) in [5.41, 5.74) is 3.27. The topological polar surface area (TPSA) is 53.8 Å². The van der Waals surface area contributed by atoms with Gasteiger partial charge < -0.3 is 9.32 Å². The first kappa shape index (κ1) is 22.5. The van der Waals surface area contributed by atoms with Gasteiger partial charge in [0.15, 0.2) is 5.78 Å². The van der Waals surface area contributed by atoms with Crippen molar-refractivity contribution >= 4 is 23.0 Å². The van der Waals surface area contributed by atoms with Gasteiger partial charge in [-0.05, 0) is 96.8 Å². The summed E-state index contributed by atoms with van der Waals surface area (Å²) < 4.78 is 5.49. The lowest BCUT2D eigenvalue weighted by Gasteiger charge is -2.53. The molecule has 4 rings (SSSR count). The van der Waals surface area contributed by atoms with Gasteiger partial charge in [0.2, 0.25) is 0 Å². The summed E-state index contributed by atoms with van der Waals surface area (Å²) in [6, 6.07) is 11.2. The van der Waals surface area contributed by atoms with E-state index in [1.54, 1.807) is 11.2 Å². The molecule has 0 radical (unpaired) electrons. The predicted octanol–water partition coefficient (Wildman–Crippen LogP) is 5.57. The van der Waals surface area contributed by atoms with Gasteiger partial charge in [-0.15, -0.1) is 0 Å². The Labute approximate surface area is 191 Å². The second-order valence-electron chi connectivity index (χ2n) is 10.6. The van der Waals surface area contributed by atoms with E-state index in [-0.39, 0.29) is 22.8 Å². The number of rotatable bonds is 5. The Morgan fingerprint density at radius 2 is 1.69 bits per heavy atom. The predicted molar refractivity (Wildman–Crippen MR) is 128 cm³/mol. The van der Waals surface area contributed by atoms with Crippen molar-refractivity contribution in [2.75, 3.05) is 18.5 Å². The Balaban J connectivity index is 1.44. The Morgan fingerprint density at radius 3 is 2.25 bits per heavy atom. The number of Topliss-reactive ketones (excluding diaryl/α,β-unsaturated/α-hetero) is 1. The van der Waals surface area contributed by atoms with Gasteiger partial charge in [-0.3, -0.25) is 14.5 Å². The molecular formula is C27H34N2O3. The largest absolute Gasteiger partial charge is 0.465 e. The van der Waals surface area contributed by atoms with Crippen LogP contribution in [-0.2, 0) is 4.79 Å². The number of hydrogen-bond acceptors (Lipinski definition) is 4. The molecule has 1 saturated heterocycles. The number of nitrogens with zero attached hydrogens (tertiary/aromatic N) is 2. The molecule has 1 fully saturated rings. The highest BCUT2D eigenvalue weighted by atomic mass is 16.3. The number of carbonyl (C=O) groups excluding carboxylic acids is 2. The van der Waals surface area contributed by atoms with Gasteiger partial charge in [0, 0.05) is 39.9 Å². The lowest BCUT2D eigenvalue weighted by molar-refractivity contribution is -0.114. The first-order valence-electron chi connectivity index (χ1n) is 11.4. The lowest BCUT2D eigenvalue weighted by atomic mass is 9.72. The molecule has 1 amide bonds. The third-order valence-corrected chi connectivity index (χ3v) is 7.52. The van der Waals surface area contributed by atoms with Gasteiger partial charge >= 0.3 is 0 Å². The van der Waals surface area contributed by atoms with Crippen LogP contribution in [-0.4, -0.2) is 41.3 Å².